The minimum Gasteiger partial charge on any atom is -0.396 e. The van der Waals surface area contributed by atoms with Crippen molar-refractivity contribution in [2.24, 2.45) is 5.92 Å². The van der Waals surface area contributed by atoms with E-state index < -0.39 is 0 Å². The molecule has 2 rings (SSSR count). The maximum Gasteiger partial charge on any atom is 0.115 e. The Hall–Kier alpha value is -1.00. The molecule has 1 atom stereocenters. The Labute approximate surface area is 89.8 Å². The molecule has 1 aliphatic rings. The van der Waals surface area contributed by atoms with Gasteiger partial charge in [-0.15, -0.1) is 0 Å². The Bertz CT molecular complexity index is 287. The molecule has 1 fully saturated rings. The van der Waals surface area contributed by atoms with Gasteiger partial charge in [-0.1, -0.05) is 0 Å². The van der Waals surface area contributed by atoms with Crippen LogP contribution in [0.2, 0.25) is 0 Å². The molecule has 4 heteroatoms. The molecule has 0 radical (unpaired) electrons. The highest BCUT2D eigenvalue weighted by molar-refractivity contribution is 5.02. The van der Waals surface area contributed by atoms with Crippen molar-refractivity contribution in [3.8, 4) is 0 Å². The van der Waals surface area contributed by atoms with Crippen molar-refractivity contribution in [1.82, 2.24) is 15.3 Å². The fourth-order valence-electron chi connectivity index (χ4n) is 1.81. The summed E-state index contributed by atoms with van der Waals surface area (Å²) < 4.78 is 0. The molecule has 0 amide bonds. The summed E-state index contributed by atoms with van der Waals surface area (Å²) in [6.45, 7) is 1.06. The Kier molecular flexibility index (Phi) is 3.64. The third-order valence-corrected chi connectivity index (χ3v) is 2.81. The molecular formula is C11H17N3O. The largest absolute Gasteiger partial charge is 0.396 e. The van der Waals surface area contributed by atoms with Gasteiger partial charge >= 0.3 is 0 Å². The Balaban J connectivity index is 1.80. The summed E-state index contributed by atoms with van der Waals surface area (Å²) >= 11 is 0. The zero-order valence-electron chi connectivity index (χ0n) is 8.76. The van der Waals surface area contributed by atoms with Gasteiger partial charge in [0.25, 0.3) is 0 Å². The molecule has 4 nitrogen and oxygen atoms in total. The van der Waals surface area contributed by atoms with Gasteiger partial charge in [-0.3, -0.25) is 0 Å². The van der Waals surface area contributed by atoms with Crippen LogP contribution < -0.4 is 5.32 Å². The zero-order chi connectivity index (χ0) is 10.5. The van der Waals surface area contributed by atoms with E-state index in [9.17, 15) is 0 Å². The van der Waals surface area contributed by atoms with Crippen LogP contribution in [0.25, 0.3) is 0 Å². The highest BCUT2D eigenvalue weighted by Crippen LogP contribution is 2.33. The highest BCUT2D eigenvalue weighted by atomic mass is 16.3. The maximum absolute atomic E-state index is 8.95. The lowest BCUT2D eigenvalue weighted by Crippen LogP contribution is -2.31. The van der Waals surface area contributed by atoms with Crippen LogP contribution in [0.1, 0.15) is 24.8 Å². The Morgan fingerprint density at radius 1 is 1.40 bits per heavy atom. The summed E-state index contributed by atoms with van der Waals surface area (Å²) in [4.78, 5) is 7.94. The minimum atomic E-state index is 0.263. The van der Waals surface area contributed by atoms with Gasteiger partial charge < -0.3 is 10.4 Å². The average Bonchev–Trinajstić information content (AvgIpc) is 3.09. The molecule has 15 heavy (non-hydrogen) atoms. The smallest absolute Gasteiger partial charge is 0.115 e. The third kappa shape index (κ3) is 3.25. The van der Waals surface area contributed by atoms with Crippen LogP contribution in [0.5, 0.6) is 0 Å². The monoisotopic (exact) mass is 207 g/mol. The van der Waals surface area contributed by atoms with Crippen LogP contribution in [-0.4, -0.2) is 27.7 Å². The van der Waals surface area contributed by atoms with Crippen molar-refractivity contribution >= 4 is 0 Å². The molecule has 0 bridgehead atoms. The van der Waals surface area contributed by atoms with Crippen LogP contribution in [-0.2, 0) is 6.54 Å². The minimum absolute atomic E-state index is 0.263. The SMILES string of the molecule is OCCC(NCc1cncnc1)C1CC1. The number of aromatic nitrogens is 2. The number of aliphatic hydroxyl groups is 1. The number of nitrogens with zero attached hydrogens (tertiary/aromatic N) is 2. The number of nitrogens with one attached hydrogen (secondary N) is 1. The molecule has 0 spiro atoms. The Morgan fingerprint density at radius 3 is 2.73 bits per heavy atom. The number of rotatable bonds is 6. The van der Waals surface area contributed by atoms with Gasteiger partial charge in [0.2, 0.25) is 0 Å². The van der Waals surface area contributed by atoms with Crippen LogP contribution in [0.3, 0.4) is 0 Å². The van der Waals surface area contributed by atoms with Crippen molar-refractivity contribution < 1.29 is 5.11 Å². The van der Waals surface area contributed by atoms with Gasteiger partial charge in [0, 0.05) is 37.2 Å². The standard InChI is InChI=1S/C11H17N3O/c15-4-3-11(10-1-2-10)14-7-9-5-12-8-13-6-9/h5-6,8,10-11,14-15H,1-4,7H2. The van der Waals surface area contributed by atoms with Gasteiger partial charge in [0.05, 0.1) is 0 Å². The zero-order valence-corrected chi connectivity index (χ0v) is 8.76. The molecule has 1 unspecified atom stereocenters. The molecule has 0 aliphatic heterocycles. The molecule has 0 aromatic carbocycles. The van der Waals surface area contributed by atoms with Crippen molar-refractivity contribution in [2.75, 3.05) is 6.61 Å². The van der Waals surface area contributed by atoms with E-state index in [2.05, 4.69) is 15.3 Å². The fourth-order valence-corrected chi connectivity index (χ4v) is 1.81. The summed E-state index contributed by atoms with van der Waals surface area (Å²) in [6, 6.07) is 0.454. The first-order chi connectivity index (χ1) is 7.40. The van der Waals surface area contributed by atoms with E-state index in [0.29, 0.717) is 6.04 Å². The summed E-state index contributed by atoms with van der Waals surface area (Å²) in [7, 11) is 0. The first-order valence-corrected chi connectivity index (χ1v) is 5.48. The van der Waals surface area contributed by atoms with E-state index in [1.165, 1.54) is 19.2 Å². The van der Waals surface area contributed by atoms with Crippen LogP contribution in [0.4, 0.5) is 0 Å². The summed E-state index contributed by atoms with van der Waals surface area (Å²) in [5.74, 6) is 0.766. The molecule has 1 aromatic heterocycles. The molecule has 82 valence electrons. The second-order valence-corrected chi connectivity index (χ2v) is 4.08. The first-order valence-electron chi connectivity index (χ1n) is 5.48. The highest BCUT2D eigenvalue weighted by Gasteiger charge is 2.30. The van der Waals surface area contributed by atoms with E-state index in [1.54, 1.807) is 0 Å². The van der Waals surface area contributed by atoms with Crippen LogP contribution in [0, 0.1) is 5.92 Å². The lowest BCUT2D eigenvalue weighted by atomic mass is 10.1. The summed E-state index contributed by atoms with van der Waals surface area (Å²) in [5, 5.41) is 12.4. The van der Waals surface area contributed by atoms with E-state index in [0.717, 1.165) is 24.4 Å². The average molecular weight is 207 g/mol. The Morgan fingerprint density at radius 2 is 2.13 bits per heavy atom. The van der Waals surface area contributed by atoms with Gasteiger partial charge in [-0.05, 0) is 25.2 Å². The second-order valence-electron chi connectivity index (χ2n) is 4.08. The van der Waals surface area contributed by atoms with Crippen molar-refractivity contribution in [1.29, 1.82) is 0 Å². The van der Waals surface area contributed by atoms with E-state index in [-0.39, 0.29) is 6.61 Å². The topological polar surface area (TPSA) is 58.0 Å². The normalized spacial score (nSPS) is 17.7. The van der Waals surface area contributed by atoms with Crippen molar-refractivity contribution in [3.05, 3.63) is 24.3 Å². The van der Waals surface area contributed by atoms with Gasteiger partial charge in [0.15, 0.2) is 0 Å². The number of hydrogen-bond donors (Lipinski definition) is 2. The van der Waals surface area contributed by atoms with Gasteiger partial charge in [-0.2, -0.15) is 0 Å². The van der Waals surface area contributed by atoms with Crippen molar-refractivity contribution in [2.45, 2.75) is 31.8 Å². The molecule has 1 heterocycles. The summed E-state index contributed by atoms with van der Waals surface area (Å²) in [5.41, 5.74) is 1.10. The quantitative estimate of drug-likeness (QED) is 0.722. The van der Waals surface area contributed by atoms with Crippen molar-refractivity contribution in [3.63, 3.8) is 0 Å². The molecule has 1 saturated carbocycles. The lowest BCUT2D eigenvalue weighted by molar-refractivity contribution is 0.255. The van der Waals surface area contributed by atoms with Crippen LogP contribution >= 0.6 is 0 Å². The van der Waals surface area contributed by atoms with Crippen LogP contribution in [0.15, 0.2) is 18.7 Å². The predicted octanol–water partition coefficient (Wildman–Crippen LogP) is 0.727. The third-order valence-electron chi connectivity index (χ3n) is 2.81. The number of aliphatic hydroxyl groups excluding tert-OH is 1. The predicted molar refractivity (Wildman–Crippen MR) is 57.1 cm³/mol. The molecule has 0 saturated heterocycles. The molecule has 1 aliphatic carbocycles. The first kappa shape index (κ1) is 10.5. The summed E-state index contributed by atoms with van der Waals surface area (Å²) in [6.07, 6.45) is 8.62. The van der Waals surface area contributed by atoms with Gasteiger partial charge in [0.1, 0.15) is 6.33 Å². The van der Waals surface area contributed by atoms with Gasteiger partial charge in [-0.25, -0.2) is 9.97 Å². The van der Waals surface area contributed by atoms with E-state index in [1.807, 2.05) is 12.4 Å². The van der Waals surface area contributed by atoms with E-state index >= 15 is 0 Å². The maximum atomic E-state index is 8.95. The molecule has 1 aromatic rings. The molecular weight excluding hydrogens is 190 g/mol. The number of hydrogen-bond acceptors (Lipinski definition) is 4. The lowest BCUT2D eigenvalue weighted by Gasteiger charge is -2.16. The van der Waals surface area contributed by atoms with E-state index in [4.69, 9.17) is 5.11 Å². The second kappa shape index (κ2) is 5.19. The fraction of sp³-hybridized carbons (Fsp3) is 0.636. The molecule has 2 N–H and O–H groups in total.